The number of nitriles is 1. The van der Waals surface area contributed by atoms with Crippen LogP contribution < -0.4 is 10.2 Å². The first-order chi connectivity index (χ1) is 19.5. The Labute approximate surface area is 233 Å². The van der Waals surface area contributed by atoms with Gasteiger partial charge in [-0.25, -0.2) is 14.8 Å². The van der Waals surface area contributed by atoms with Crippen LogP contribution in [0.1, 0.15) is 64.8 Å². The van der Waals surface area contributed by atoms with Crippen molar-refractivity contribution < 1.29 is 23.9 Å². The summed E-state index contributed by atoms with van der Waals surface area (Å²) in [7, 11) is 1.72. The van der Waals surface area contributed by atoms with Crippen molar-refractivity contribution >= 4 is 29.9 Å². The highest BCUT2D eigenvalue weighted by Gasteiger charge is 2.30. The summed E-state index contributed by atoms with van der Waals surface area (Å²) in [4.78, 5) is 49.9. The molecule has 4 heterocycles. The number of anilines is 2. The van der Waals surface area contributed by atoms with Crippen LogP contribution in [-0.2, 0) is 33.7 Å². The number of aromatic nitrogens is 2. The molecule has 210 valence electrons. The van der Waals surface area contributed by atoms with Gasteiger partial charge in [-0.15, -0.1) is 0 Å². The molecular formula is C29H34N6O5. The van der Waals surface area contributed by atoms with Crippen LogP contribution >= 0.6 is 0 Å². The fraction of sp³-hybridized carbons (Fsp3) is 0.517. The fourth-order valence-corrected chi connectivity index (χ4v) is 5.93. The highest BCUT2D eigenvalue weighted by Crippen LogP contribution is 2.32. The third-order valence-electron chi connectivity index (χ3n) is 8.01. The standard InChI is InChI=1S/C29H34N6O5/c1-39-25-7-2-5-19(25)11-21-13-26(31-15-23(21)14-30)33-29(38)35-9-3-6-20-12-22(24(17-36)32-28(20)35)16-34-8-4-10-40-18-27(34)37/h12-13,15,17,19,25H,2-11,16,18H2,1H3,(H,31,33,38)/t19?,25-/m1/s1. The van der Waals surface area contributed by atoms with Gasteiger partial charge in [-0.1, -0.05) is 6.42 Å². The lowest BCUT2D eigenvalue weighted by Gasteiger charge is -2.30. The maximum atomic E-state index is 13.4. The highest BCUT2D eigenvalue weighted by atomic mass is 16.5. The number of ether oxygens (including phenoxy) is 2. The summed E-state index contributed by atoms with van der Waals surface area (Å²) in [5.74, 6) is 0.984. The molecule has 2 aromatic heterocycles. The molecule has 0 bridgehead atoms. The van der Waals surface area contributed by atoms with Crippen LogP contribution in [-0.4, -0.2) is 72.6 Å². The third-order valence-corrected chi connectivity index (χ3v) is 8.01. The molecule has 11 nitrogen and oxygen atoms in total. The Balaban J connectivity index is 1.35. The molecule has 5 rings (SSSR count). The van der Waals surface area contributed by atoms with Crippen LogP contribution in [0.4, 0.5) is 16.4 Å². The maximum Gasteiger partial charge on any atom is 0.328 e. The maximum absolute atomic E-state index is 13.4. The molecule has 1 saturated heterocycles. The van der Waals surface area contributed by atoms with Gasteiger partial charge < -0.3 is 14.4 Å². The number of nitrogens with zero attached hydrogens (tertiary/aromatic N) is 5. The second kappa shape index (κ2) is 12.5. The van der Waals surface area contributed by atoms with Crippen LogP contribution in [0, 0.1) is 17.2 Å². The zero-order valence-corrected chi connectivity index (χ0v) is 22.7. The number of pyridine rings is 2. The van der Waals surface area contributed by atoms with Crippen molar-refractivity contribution in [2.45, 2.75) is 57.6 Å². The zero-order chi connectivity index (χ0) is 28.1. The molecule has 3 aliphatic rings. The molecule has 11 heteroatoms. The lowest BCUT2D eigenvalue weighted by molar-refractivity contribution is -0.134. The van der Waals surface area contributed by atoms with E-state index >= 15 is 0 Å². The average Bonchev–Trinajstić information content (AvgIpc) is 3.32. The monoisotopic (exact) mass is 546 g/mol. The van der Waals surface area contributed by atoms with Gasteiger partial charge in [0.1, 0.15) is 30.0 Å². The Kier molecular flexibility index (Phi) is 8.67. The first-order valence-corrected chi connectivity index (χ1v) is 13.8. The highest BCUT2D eigenvalue weighted by molar-refractivity contribution is 6.01. The molecule has 0 spiro atoms. The molecule has 1 unspecified atom stereocenters. The summed E-state index contributed by atoms with van der Waals surface area (Å²) in [6.45, 7) is 1.81. The fourth-order valence-electron chi connectivity index (χ4n) is 5.93. The Morgan fingerprint density at radius 2 is 2.12 bits per heavy atom. The topological polar surface area (TPSA) is 138 Å². The normalized spacial score (nSPS) is 20.9. The van der Waals surface area contributed by atoms with Crippen molar-refractivity contribution in [3.63, 3.8) is 0 Å². The SMILES string of the molecule is CO[C@@H]1CCCC1Cc1cc(NC(=O)N2CCCc3cc(CN4CCCOCC4=O)c(C=O)nc32)ncc1C#N. The van der Waals surface area contributed by atoms with Gasteiger partial charge in [0.25, 0.3) is 0 Å². The number of methoxy groups -OCH3 is 1. The summed E-state index contributed by atoms with van der Waals surface area (Å²) < 4.78 is 10.9. The van der Waals surface area contributed by atoms with E-state index in [2.05, 4.69) is 21.4 Å². The van der Waals surface area contributed by atoms with Crippen molar-refractivity contribution in [1.29, 1.82) is 5.26 Å². The molecule has 1 N–H and O–H groups in total. The average molecular weight is 547 g/mol. The minimum Gasteiger partial charge on any atom is -0.381 e. The number of aryl methyl sites for hydroxylation is 1. The largest absolute Gasteiger partial charge is 0.381 e. The molecule has 2 fully saturated rings. The van der Waals surface area contributed by atoms with E-state index in [-0.39, 0.29) is 30.9 Å². The molecule has 0 aromatic carbocycles. The molecule has 2 atom stereocenters. The summed E-state index contributed by atoms with van der Waals surface area (Å²) in [6.07, 6.45) is 8.30. The molecule has 2 aliphatic heterocycles. The Morgan fingerprint density at radius 3 is 2.92 bits per heavy atom. The first kappa shape index (κ1) is 27.7. The molecule has 40 heavy (non-hydrogen) atoms. The first-order valence-electron chi connectivity index (χ1n) is 13.8. The van der Waals surface area contributed by atoms with E-state index in [0.29, 0.717) is 67.5 Å². The number of hydrogen-bond donors (Lipinski definition) is 1. The van der Waals surface area contributed by atoms with Crippen LogP contribution in [0.2, 0.25) is 0 Å². The summed E-state index contributed by atoms with van der Waals surface area (Å²) in [6, 6.07) is 5.46. The van der Waals surface area contributed by atoms with Crippen molar-refractivity contribution in [2.75, 3.05) is 43.6 Å². The van der Waals surface area contributed by atoms with Crippen molar-refractivity contribution in [2.24, 2.45) is 5.92 Å². The van der Waals surface area contributed by atoms with Crippen LogP contribution in [0.15, 0.2) is 18.3 Å². The Bertz CT molecular complexity index is 1320. The van der Waals surface area contributed by atoms with Gasteiger partial charge in [-0.3, -0.25) is 19.8 Å². The quantitative estimate of drug-likeness (QED) is 0.523. The van der Waals surface area contributed by atoms with Gasteiger partial charge in [-0.05, 0) is 67.7 Å². The lowest BCUT2D eigenvalue weighted by atomic mass is 9.94. The predicted molar refractivity (Wildman–Crippen MR) is 146 cm³/mol. The van der Waals surface area contributed by atoms with Crippen LogP contribution in [0.25, 0.3) is 0 Å². The van der Waals surface area contributed by atoms with E-state index in [9.17, 15) is 19.6 Å². The van der Waals surface area contributed by atoms with Gasteiger partial charge >= 0.3 is 6.03 Å². The second-order valence-electron chi connectivity index (χ2n) is 10.5. The third kappa shape index (κ3) is 5.98. The number of fused-ring (bicyclic) bond motifs is 1. The Morgan fingerprint density at radius 1 is 1.25 bits per heavy atom. The molecule has 2 aromatic rings. The number of hydrogen-bond acceptors (Lipinski definition) is 8. The van der Waals surface area contributed by atoms with Gasteiger partial charge in [0.05, 0.1) is 11.7 Å². The number of urea groups is 1. The molecule has 1 aliphatic carbocycles. The van der Waals surface area contributed by atoms with E-state index in [1.807, 2.05) is 6.07 Å². The van der Waals surface area contributed by atoms with E-state index in [1.165, 1.54) is 11.1 Å². The van der Waals surface area contributed by atoms with Crippen molar-refractivity contribution in [3.8, 4) is 6.07 Å². The van der Waals surface area contributed by atoms with Gasteiger partial charge in [0.15, 0.2) is 6.29 Å². The van der Waals surface area contributed by atoms with Crippen molar-refractivity contribution in [1.82, 2.24) is 14.9 Å². The lowest BCUT2D eigenvalue weighted by Crippen LogP contribution is -2.40. The summed E-state index contributed by atoms with van der Waals surface area (Å²) in [5.41, 5.74) is 3.04. The molecule has 1 saturated carbocycles. The van der Waals surface area contributed by atoms with Gasteiger partial charge in [-0.2, -0.15) is 5.26 Å². The number of aldehydes is 1. The predicted octanol–water partition coefficient (Wildman–Crippen LogP) is 3.25. The molecule has 3 amide bonds. The number of amides is 3. The van der Waals surface area contributed by atoms with E-state index in [1.54, 1.807) is 18.1 Å². The zero-order valence-electron chi connectivity index (χ0n) is 22.7. The second-order valence-corrected chi connectivity index (χ2v) is 10.5. The van der Waals surface area contributed by atoms with Crippen molar-refractivity contribution in [3.05, 3.63) is 46.3 Å². The number of carbonyl (C=O) groups excluding carboxylic acids is 3. The van der Waals surface area contributed by atoms with Crippen LogP contribution in [0.5, 0.6) is 0 Å². The minimum atomic E-state index is -0.406. The summed E-state index contributed by atoms with van der Waals surface area (Å²) in [5, 5.41) is 12.5. The molecular weight excluding hydrogens is 512 g/mol. The Hall–Kier alpha value is -3.88. The van der Waals surface area contributed by atoms with Gasteiger partial charge in [0.2, 0.25) is 5.91 Å². The van der Waals surface area contributed by atoms with E-state index in [4.69, 9.17) is 9.47 Å². The summed E-state index contributed by atoms with van der Waals surface area (Å²) >= 11 is 0. The minimum absolute atomic E-state index is 0.0292. The van der Waals surface area contributed by atoms with E-state index < -0.39 is 6.03 Å². The van der Waals surface area contributed by atoms with Crippen LogP contribution in [0.3, 0.4) is 0 Å². The number of nitrogens with one attached hydrogen (secondary N) is 1. The van der Waals surface area contributed by atoms with Gasteiger partial charge in [0, 0.05) is 45.1 Å². The number of rotatable bonds is 7. The molecule has 0 radical (unpaired) electrons. The number of carbonyl (C=O) groups is 3. The smallest absolute Gasteiger partial charge is 0.328 e. The van der Waals surface area contributed by atoms with E-state index in [0.717, 1.165) is 43.2 Å².